The summed E-state index contributed by atoms with van der Waals surface area (Å²) < 4.78 is 5.37. The van der Waals surface area contributed by atoms with E-state index in [0.29, 0.717) is 24.8 Å². The van der Waals surface area contributed by atoms with Crippen LogP contribution in [0.1, 0.15) is 24.8 Å². The van der Waals surface area contributed by atoms with Crippen molar-refractivity contribution >= 4 is 17.5 Å². The highest BCUT2D eigenvalue weighted by atomic mass is 16.5. The van der Waals surface area contributed by atoms with Crippen LogP contribution in [0.25, 0.3) is 0 Å². The molecular formula is C18H25N3O3. The van der Waals surface area contributed by atoms with E-state index in [1.807, 2.05) is 25.1 Å². The molecule has 1 heterocycles. The summed E-state index contributed by atoms with van der Waals surface area (Å²) in [5, 5.41) is 3.03. The van der Waals surface area contributed by atoms with E-state index in [0.717, 1.165) is 24.1 Å². The Morgan fingerprint density at radius 1 is 1.46 bits per heavy atom. The van der Waals surface area contributed by atoms with Crippen LogP contribution in [0.4, 0.5) is 5.69 Å². The van der Waals surface area contributed by atoms with Crippen LogP contribution in [0.15, 0.2) is 18.2 Å². The molecule has 3 N–H and O–H groups in total. The fourth-order valence-electron chi connectivity index (χ4n) is 3.30. The van der Waals surface area contributed by atoms with E-state index >= 15 is 0 Å². The van der Waals surface area contributed by atoms with Gasteiger partial charge in [0.1, 0.15) is 5.75 Å². The average molecular weight is 331 g/mol. The lowest BCUT2D eigenvalue weighted by molar-refractivity contribution is -0.127. The molecule has 0 aromatic heterocycles. The Hall–Kier alpha value is -2.08. The quantitative estimate of drug-likeness (QED) is 0.820. The molecule has 2 atom stereocenters. The highest BCUT2D eigenvalue weighted by Crippen LogP contribution is 2.35. The van der Waals surface area contributed by atoms with E-state index in [1.54, 1.807) is 12.0 Å². The van der Waals surface area contributed by atoms with Crippen molar-refractivity contribution in [2.75, 3.05) is 25.1 Å². The highest BCUT2D eigenvalue weighted by Gasteiger charge is 2.38. The maximum Gasteiger partial charge on any atom is 0.227 e. The van der Waals surface area contributed by atoms with Gasteiger partial charge < -0.3 is 20.7 Å². The minimum atomic E-state index is -0.337. The molecule has 1 aliphatic carbocycles. The standard InChI is InChI=1S/C18H25N3O3/c1-11-3-6-16(24-2)15(7-11)21-10-13(8-17(21)22)18(23)20-14(9-19)12-4-5-12/h3,6-7,12-14H,4-5,8-10,19H2,1-2H3,(H,20,23). The molecule has 6 heteroatoms. The molecular weight excluding hydrogens is 306 g/mol. The number of carbonyl (C=O) groups is 2. The molecule has 1 aromatic rings. The summed E-state index contributed by atoms with van der Waals surface area (Å²) >= 11 is 0. The number of methoxy groups -OCH3 is 1. The number of aryl methyl sites for hydroxylation is 1. The van der Waals surface area contributed by atoms with Crippen LogP contribution in [0.3, 0.4) is 0 Å². The molecule has 0 bridgehead atoms. The van der Waals surface area contributed by atoms with Gasteiger partial charge in [-0.3, -0.25) is 9.59 Å². The van der Waals surface area contributed by atoms with Crippen molar-refractivity contribution in [1.29, 1.82) is 0 Å². The molecule has 0 radical (unpaired) electrons. The lowest BCUT2D eigenvalue weighted by Gasteiger charge is -2.21. The molecule has 2 unspecified atom stereocenters. The van der Waals surface area contributed by atoms with Crippen molar-refractivity contribution in [3.05, 3.63) is 23.8 Å². The first-order valence-corrected chi connectivity index (χ1v) is 8.49. The van der Waals surface area contributed by atoms with Gasteiger partial charge >= 0.3 is 0 Å². The van der Waals surface area contributed by atoms with Crippen molar-refractivity contribution in [2.24, 2.45) is 17.6 Å². The van der Waals surface area contributed by atoms with Crippen LogP contribution in [-0.2, 0) is 9.59 Å². The van der Waals surface area contributed by atoms with E-state index in [4.69, 9.17) is 10.5 Å². The summed E-state index contributed by atoms with van der Waals surface area (Å²) in [5.41, 5.74) is 7.53. The molecule has 1 aliphatic heterocycles. The van der Waals surface area contributed by atoms with Gasteiger partial charge in [-0.15, -0.1) is 0 Å². The molecule has 1 aromatic carbocycles. The van der Waals surface area contributed by atoms with E-state index in [1.165, 1.54) is 0 Å². The maximum absolute atomic E-state index is 12.5. The monoisotopic (exact) mass is 331 g/mol. The molecule has 2 amide bonds. The highest BCUT2D eigenvalue weighted by molar-refractivity contribution is 6.01. The van der Waals surface area contributed by atoms with Gasteiger partial charge in [-0.2, -0.15) is 0 Å². The molecule has 1 saturated heterocycles. The van der Waals surface area contributed by atoms with Crippen molar-refractivity contribution in [3.8, 4) is 5.75 Å². The smallest absolute Gasteiger partial charge is 0.227 e. The zero-order chi connectivity index (χ0) is 17.3. The molecule has 1 saturated carbocycles. The molecule has 130 valence electrons. The predicted octanol–water partition coefficient (Wildman–Crippen LogP) is 1.21. The number of anilines is 1. The Balaban J connectivity index is 1.71. The Bertz CT molecular complexity index is 642. The fraction of sp³-hybridized carbons (Fsp3) is 0.556. The number of hydrogen-bond acceptors (Lipinski definition) is 4. The third kappa shape index (κ3) is 3.38. The maximum atomic E-state index is 12.5. The molecule has 2 aliphatic rings. The van der Waals surface area contributed by atoms with Crippen LogP contribution in [-0.4, -0.2) is 38.1 Å². The summed E-state index contributed by atoms with van der Waals surface area (Å²) in [6, 6.07) is 5.75. The number of carbonyl (C=O) groups excluding carboxylic acids is 2. The first-order valence-electron chi connectivity index (χ1n) is 8.49. The second-order valence-corrected chi connectivity index (χ2v) is 6.77. The summed E-state index contributed by atoms with van der Waals surface area (Å²) in [6.07, 6.45) is 2.47. The SMILES string of the molecule is COc1ccc(C)cc1N1CC(C(=O)NC(CN)C2CC2)CC1=O. The number of rotatable bonds is 6. The molecule has 6 nitrogen and oxygen atoms in total. The summed E-state index contributed by atoms with van der Waals surface area (Å²) in [5.74, 6) is 0.696. The van der Waals surface area contributed by atoms with Gasteiger partial charge in [-0.05, 0) is 43.4 Å². The number of hydrogen-bond donors (Lipinski definition) is 2. The summed E-state index contributed by atoms with van der Waals surface area (Å²) in [7, 11) is 1.58. The van der Waals surface area contributed by atoms with Crippen LogP contribution in [0, 0.1) is 18.8 Å². The van der Waals surface area contributed by atoms with Crippen molar-refractivity contribution in [2.45, 2.75) is 32.2 Å². The lowest BCUT2D eigenvalue weighted by atomic mass is 10.1. The van der Waals surface area contributed by atoms with E-state index in [-0.39, 0.29) is 30.2 Å². The van der Waals surface area contributed by atoms with Crippen LogP contribution in [0.2, 0.25) is 0 Å². The van der Waals surface area contributed by atoms with Crippen LogP contribution >= 0.6 is 0 Å². The topological polar surface area (TPSA) is 84.7 Å². The van der Waals surface area contributed by atoms with Crippen molar-refractivity contribution < 1.29 is 14.3 Å². The second kappa shape index (κ2) is 6.81. The van der Waals surface area contributed by atoms with Gasteiger partial charge in [0.2, 0.25) is 11.8 Å². The third-order valence-corrected chi connectivity index (χ3v) is 4.89. The second-order valence-electron chi connectivity index (χ2n) is 6.77. The number of amides is 2. The summed E-state index contributed by atoms with van der Waals surface area (Å²) in [6.45, 7) is 2.80. The van der Waals surface area contributed by atoms with Gasteiger partial charge in [-0.1, -0.05) is 6.07 Å². The van der Waals surface area contributed by atoms with E-state index < -0.39 is 0 Å². The van der Waals surface area contributed by atoms with Gasteiger partial charge in [0.15, 0.2) is 0 Å². The Morgan fingerprint density at radius 3 is 2.83 bits per heavy atom. The Morgan fingerprint density at radius 2 is 2.21 bits per heavy atom. The Labute approximate surface area is 142 Å². The summed E-state index contributed by atoms with van der Waals surface area (Å²) in [4.78, 5) is 26.6. The zero-order valence-corrected chi connectivity index (χ0v) is 14.2. The van der Waals surface area contributed by atoms with E-state index in [2.05, 4.69) is 5.32 Å². The largest absolute Gasteiger partial charge is 0.495 e. The lowest BCUT2D eigenvalue weighted by Crippen LogP contribution is -2.45. The van der Waals surface area contributed by atoms with Crippen LogP contribution < -0.4 is 20.7 Å². The number of nitrogens with one attached hydrogen (secondary N) is 1. The minimum Gasteiger partial charge on any atom is -0.495 e. The van der Waals surface area contributed by atoms with Gasteiger partial charge in [0.05, 0.1) is 18.7 Å². The Kier molecular flexibility index (Phi) is 4.76. The minimum absolute atomic E-state index is 0.0372. The van der Waals surface area contributed by atoms with Crippen molar-refractivity contribution in [1.82, 2.24) is 5.32 Å². The molecule has 3 rings (SSSR count). The van der Waals surface area contributed by atoms with E-state index in [9.17, 15) is 9.59 Å². The van der Waals surface area contributed by atoms with Gasteiger partial charge in [0, 0.05) is 25.6 Å². The van der Waals surface area contributed by atoms with Crippen molar-refractivity contribution in [3.63, 3.8) is 0 Å². The fourth-order valence-corrected chi connectivity index (χ4v) is 3.30. The van der Waals surface area contributed by atoms with Gasteiger partial charge in [0.25, 0.3) is 0 Å². The first kappa shape index (κ1) is 16.8. The molecule has 24 heavy (non-hydrogen) atoms. The van der Waals surface area contributed by atoms with Gasteiger partial charge in [-0.25, -0.2) is 0 Å². The number of benzene rings is 1. The number of nitrogens with zero attached hydrogens (tertiary/aromatic N) is 1. The predicted molar refractivity (Wildman–Crippen MR) is 91.9 cm³/mol. The number of ether oxygens (including phenoxy) is 1. The average Bonchev–Trinajstić information content (AvgIpc) is 3.34. The molecule has 2 fully saturated rings. The normalized spacial score (nSPS) is 21.7. The number of nitrogens with two attached hydrogens (primary N) is 1. The third-order valence-electron chi connectivity index (χ3n) is 4.89. The van der Waals surface area contributed by atoms with Crippen LogP contribution in [0.5, 0.6) is 5.75 Å². The molecule has 0 spiro atoms. The zero-order valence-electron chi connectivity index (χ0n) is 14.2. The first-order chi connectivity index (χ1) is 11.5.